The fourth-order valence-corrected chi connectivity index (χ4v) is 0.116. The van der Waals surface area contributed by atoms with Gasteiger partial charge in [-0.25, -0.2) is 5.84 Å². The highest BCUT2D eigenvalue weighted by atomic mass is 16.2. The topological polar surface area (TPSA) is 75.3 Å². The largest absolute Gasteiger partial charge is 0.515 e. The molecule has 0 aliphatic carbocycles. The molecule has 0 spiro atoms. The van der Waals surface area contributed by atoms with Gasteiger partial charge in [0.1, 0.15) is 0 Å². The minimum absolute atomic E-state index is 0.525. The van der Waals surface area contributed by atoms with Gasteiger partial charge in [-0.15, -0.1) is 0 Å². The van der Waals surface area contributed by atoms with Gasteiger partial charge < -0.3 is 5.11 Å². The molecule has 0 saturated heterocycles. The van der Waals surface area contributed by atoms with E-state index < -0.39 is 5.91 Å². The summed E-state index contributed by atoms with van der Waals surface area (Å²) in [6.07, 6.45) is 1.52. The summed E-state index contributed by atoms with van der Waals surface area (Å²) in [6, 6.07) is 0. The zero-order valence-electron chi connectivity index (χ0n) is 3.59. The zero-order valence-corrected chi connectivity index (χ0v) is 3.59. The zero-order chi connectivity index (χ0) is 5.70. The Morgan fingerprint density at radius 2 is 2.43 bits per heavy atom. The highest BCUT2D eigenvalue weighted by Gasteiger charge is 1.83. The van der Waals surface area contributed by atoms with Crippen LogP contribution < -0.4 is 11.3 Å². The lowest BCUT2D eigenvalue weighted by Gasteiger charge is -1.84. The molecule has 0 bridgehead atoms. The molecule has 0 unspecified atom stereocenters. The van der Waals surface area contributed by atoms with Gasteiger partial charge in [-0.1, -0.05) is 0 Å². The number of nitrogens with two attached hydrogens (primary N) is 1. The van der Waals surface area contributed by atoms with Gasteiger partial charge in [0.25, 0.3) is 5.91 Å². The molecule has 0 aromatic carbocycles. The molecule has 0 aromatic rings. The van der Waals surface area contributed by atoms with E-state index in [2.05, 4.69) is 5.84 Å². The highest BCUT2D eigenvalue weighted by Crippen LogP contribution is 1.61. The second kappa shape index (κ2) is 3.17. The van der Waals surface area contributed by atoms with E-state index in [1.165, 1.54) is 0 Å². The summed E-state index contributed by atoms with van der Waals surface area (Å²) in [7, 11) is 0. The van der Waals surface area contributed by atoms with Crippen molar-refractivity contribution in [3.63, 3.8) is 0 Å². The Morgan fingerprint density at radius 3 is 2.57 bits per heavy atom. The first-order valence-corrected chi connectivity index (χ1v) is 1.62. The molecule has 0 fully saturated rings. The highest BCUT2D eigenvalue weighted by molar-refractivity contribution is 5.86. The molecule has 40 valence electrons. The van der Waals surface area contributed by atoms with E-state index >= 15 is 0 Å². The van der Waals surface area contributed by atoms with Crippen molar-refractivity contribution in [3.05, 3.63) is 12.3 Å². The van der Waals surface area contributed by atoms with Gasteiger partial charge in [-0.05, 0) is 0 Å². The van der Waals surface area contributed by atoms with Crippen LogP contribution >= 0.6 is 0 Å². The molecule has 0 saturated carbocycles. The van der Waals surface area contributed by atoms with E-state index in [1.54, 1.807) is 5.43 Å². The summed E-state index contributed by atoms with van der Waals surface area (Å²) in [4.78, 5) is 9.93. The number of aliphatic hydroxyl groups is 1. The van der Waals surface area contributed by atoms with Gasteiger partial charge in [-0.3, -0.25) is 10.2 Å². The van der Waals surface area contributed by atoms with Crippen molar-refractivity contribution in [1.29, 1.82) is 0 Å². The SMILES string of the molecule is NNC(=O)C=CO. The molecule has 0 atom stereocenters. The maximum Gasteiger partial charge on any atom is 0.260 e. The molecule has 7 heavy (non-hydrogen) atoms. The van der Waals surface area contributed by atoms with Crippen LogP contribution in [0.2, 0.25) is 0 Å². The fourth-order valence-electron chi connectivity index (χ4n) is 0.116. The second-order valence-electron chi connectivity index (χ2n) is 0.824. The van der Waals surface area contributed by atoms with Crippen molar-refractivity contribution < 1.29 is 9.90 Å². The lowest BCUT2D eigenvalue weighted by Crippen LogP contribution is -2.27. The summed E-state index contributed by atoms with van der Waals surface area (Å²) in [5.74, 6) is 4.07. The molecule has 0 aromatic heterocycles. The molecule has 0 aliphatic rings. The Bertz CT molecular complexity index is 88.9. The minimum Gasteiger partial charge on any atom is -0.515 e. The normalized spacial score (nSPS) is 9.29. The Morgan fingerprint density at radius 1 is 1.86 bits per heavy atom. The van der Waals surface area contributed by atoms with Crippen molar-refractivity contribution >= 4 is 5.91 Å². The van der Waals surface area contributed by atoms with E-state index in [-0.39, 0.29) is 0 Å². The average Bonchev–Trinajstić information content (AvgIpc) is 1.68. The van der Waals surface area contributed by atoms with Crippen LogP contribution in [0.5, 0.6) is 0 Å². The predicted octanol–water partition coefficient (Wildman–Crippen LogP) is -0.952. The van der Waals surface area contributed by atoms with E-state index in [1.807, 2.05) is 0 Å². The van der Waals surface area contributed by atoms with E-state index in [4.69, 9.17) is 5.11 Å². The average molecular weight is 102 g/mol. The molecule has 0 rings (SSSR count). The van der Waals surface area contributed by atoms with Crippen LogP contribution in [0.4, 0.5) is 0 Å². The number of carbonyl (C=O) groups is 1. The molecule has 0 aliphatic heterocycles. The number of aliphatic hydroxyl groups excluding tert-OH is 1. The minimum atomic E-state index is -0.525. The van der Waals surface area contributed by atoms with Crippen LogP contribution in [0.1, 0.15) is 0 Å². The first-order chi connectivity index (χ1) is 3.31. The van der Waals surface area contributed by atoms with Gasteiger partial charge in [0, 0.05) is 6.08 Å². The van der Waals surface area contributed by atoms with Crippen LogP contribution in [-0.2, 0) is 4.79 Å². The summed E-state index contributed by atoms with van der Waals surface area (Å²) in [5, 5.41) is 7.87. The Balaban J connectivity index is 3.37. The quantitative estimate of drug-likeness (QED) is 0.131. The number of amides is 1. The molecule has 4 N–H and O–H groups in total. The molecular formula is C3H6N2O2. The predicted molar refractivity (Wildman–Crippen MR) is 24.1 cm³/mol. The van der Waals surface area contributed by atoms with Crippen LogP contribution in [0, 0.1) is 0 Å². The summed E-state index contributed by atoms with van der Waals surface area (Å²) in [5.41, 5.74) is 1.78. The first kappa shape index (κ1) is 5.97. The van der Waals surface area contributed by atoms with Crippen molar-refractivity contribution in [3.8, 4) is 0 Å². The van der Waals surface area contributed by atoms with Crippen LogP contribution in [0.25, 0.3) is 0 Å². The lowest BCUT2D eigenvalue weighted by molar-refractivity contribution is -0.116. The van der Waals surface area contributed by atoms with E-state index in [0.29, 0.717) is 6.26 Å². The number of carbonyl (C=O) groups excluding carboxylic acids is 1. The van der Waals surface area contributed by atoms with E-state index in [9.17, 15) is 4.79 Å². The van der Waals surface area contributed by atoms with Gasteiger partial charge in [0.2, 0.25) is 0 Å². The summed E-state index contributed by atoms with van der Waals surface area (Å²) in [6.45, 7) is 0. The van der Waals surface area contributed by atoms with Crippen molar-refractivity contribution in [2.24, 2.45) is 5.84 Å². The number of hydrazine groups is 1. The number of hydrogen-bond acceptors (Lipinski definition) is 3. The van der Waals surface area contributed by atoms with Gasteiger partial charge >= 0.3 is 0 Å². The summed E-state index contributed by atoms with van der Waals surface area (Å²) >= 11 is 0. The van der Waals surface area contributed by atoms with Crippen molar-refractivity contribution in [2.45, 2.75) is 0 Å². The third-order valence-electron chi connectivity index (χ3n) is 0.368. The Labute approximate surface area is 40.6 Å². The van der Waals surface area contributed by atoms with Gasteiger partial charge in [-0.2, -0.15) is 0 Å². The monoisotopic (exact) mass is 102 g/mol. The third-order valence-corrected chi connectivity index (χ3v) is 0.368. The Hall–Kier alpha value is -1.03. The maximum absolute atomic E-state index is 9.93. The standard InChI is InChI=1S/C3H6N2O2/c4-5-3(7)1-2-6/h1-2,6H,4H2,(H,5,7). The lowest BCUT2D eigenvalue weighted by atomic mass is 10.6. The number of hydrogen-bond donors (Lipinski definition) is 3. The number of rotatable bonds is 1. The molecule has 0 radical (unpaired) electrons. The fraction of sp³-hybridized carbons (Fsp3) is 0. The van der Waals surface area contributed by atoms with Crippen LogP contribution in [0.15, 0.2) is 12.3 Å². The van der Waals surface area contributed by atoms with E-state index in [0.717, 1.165) is 6.08 Å². The molecule has 4 nitrogen and oxygen atoms in total. The molecule has 1 amide bonds. The van der Waals surface area contributed by atoms with Crippen molar-refractivity contribution in [2.75, 3.05) is 0 Å². The third kappa shape index (κ3) is 2.78. The maximum atomic E-state index is 9.93. The molecule has 0 heterocycles. The second-order valence-corrected chi connectivity index (χ2v) is 0.824. The van der Waals surface area contributed by atoms with Crippen LogP contribution in [0.3, 0.4) is 0 Å². The van der Waals surface area contributed by atoms with Crippen molar-refractivity contribution in [1.82, 2.24) is 5.43 Å². The smallest absolute Gasteiger partial charge is 0.260 e. The molecule has 4 heteroatoms. The number of nitrogens with one attached hydrogen (secondary N) is 1. The first-order valence-electron chi connectivity index (χ1n) is 1.62. The molecular weight excluding hydrogens is 96.0 g/mol. The van der Waals surface area contributed by atoms with Crippen LogP contribution in [-0.4, -0.2) is 11.0 Å². The Kier molecular flexibility index (Phi) is 2.70. The van der Waals surface area contributed by atoms with Gasteiger partial charge in [0.15, 0.2) is 0 Å². The van der Waals surface area contributed by atoms with Gasteiger partial charge in [0.05, 0.1) is 6.26 Å². The summed E-state index contributed by atoms with van der Waals surface area (Å²) < 4.78 is 0.